The minimum atomic E-state index is 0.0480. The number of hydrogen-bond acceptors (Lipinski definition) is 4. The third-order valence-corrected chi connectivity index (χ3v) is 6.61. The largest absolute Gasteiger partial charge is 0.497 e. The van der Waals surface area contributed by atoms with Crippen molar-refractivity contribution in [2.75, 3.05) is 32.1 Å². The smallest absolute Gasteiger partial charge is 0.260 e. The van der Waals surface area contributed by atoms with Crippen LogP contribution in [0.15, 0.2) is 42.5 Å². The maximum atomic E-state index is 13.9. The topological polar surface area (TPSA) is 45.7 Å². The molecule has 2 unspecified atom stereocenters. The van der Waals surface area contributed by atoms with Crippen LogP contribution in [0.1, 0.15) is 39.5 Å². The summed E-state index contributed by atoms with van der Waals surface area (Å²) < 4.78 is 5.36. The van der Waals surface area contributed by atoms with Crippen LogP contribution in [0.25, 0.3) is 10.9 Å². The van der Waals surface area contributed by atoms with E-state index in [-0.39, 0.29) is 11.9 Å². The molecule has 0 spiro atoms. The summed E-state index contributed by atoms with van der Waals surface area (Å²) >= 11 is 0. The monoisotopic (exact) mass is 401 g/mol. The van der Waals surface area contributed by atoms with Crippen LogP contribution >= 0.6 is 0 Å². The third kappa shape index (κ3) is 2.96. The van der Waals surface area contributed by atoms with Crippen molar-refractivity contribution in [3.8, 4) is 5.75 Å². The van der Waals surface area contributed by atoms with Crippen molar-refractivity contribution >= 4 is 22.5 Å². The number of likely N-dealkylation sites (tertiary alicyclic amines) is 1. The number of fused-ring (bicyclic) bond motifs is 4. The molecule has 5 nitrogen and oxygen atoms in total. The van der Waals surface area contributed by atoms with Gasteiger partial charge in [0.2, 0.25) is 0 Å². The number of nitrogens with zero attached hydrogens (tertiary/aromatic N) is 3. The highest BCUT2D eigenvalue weighted by Crippen LogP contribution is 2.45. The van der Waals surface area contributed by atoms with Crippen molar-refractivity contribution < 1.29 is 9.53 Å². The number of aromatic nitrogens is 1. The van der Waals surface area contributed by atoms with Crippen LogP contribution in [0.4, 0.5) is 5.69 Å². The number of aryl methyl sites for hydroxylation is 2. The number of ether oxygens (including phenoxy) is 1. The number of piperidine rings is 1. The highest BCUT2D eigenvalue weighted by molar-refractivity contribution is 6.10. The molecule has 0 saturated carbocycles. The Hall–Kier alpha value is -2.92. The lowest BCUT2D eigenvalue weighted by atomic mass is 9.88. The summed E-state index contributed by atoms with van der Waals surface area (Å²) in [5.41, 5.74) is 5.91. The maximum Gasteiger partial charge on any atom is 0.260 e. The average molecular weight is 402 g/mol. The molecule has 1 fully saturated rings. The third-order valence-electron chi connectivity index (χ3n) is 6.61. The van der Waals surface area contributed by atoms with E-state index in [1.807, 2.05) is 36.1 Å². The lowest BCUT2D eigenvalue weighted by Crippen LogP contribution is -2.47. The van der Waals surface area contributed by atoms with E-state index in [4.69, 9.17) is 9.72 Å². The number of hydrogen-bond donors (Lipinski definition) is 0. The minimum absolute atomic E-state index is 0.0480. The molecule has 0 N–H and O–H groups in total. The van der Waals surface area contributed by atoms with E-state index in [1.54, 1.807) is 7.11 Å². The van der Waals surface area contributed by atoms with Gasteiger partial charge in [-0.15, -0.1) is 0 Å². The zero-order valence-electron chi connectivity index (χ0n) is 18.0. The van der Waals surface area contributed by atoms with E-state index in [9.17, 15) is 4.79 Å². The molecule has 2 aromatic carbocycles. The fourth-order valence-corrected chi connectivity index (χ4v) is 5.07. The van der Waals surface area contributed by atoms with Crippen LogP contribution in [-0.2, 0) is 0 Å². The first-order valence-electron chi connectivity index (χ1n) is 10.5. The standard InChI is InChI=1S/C25H27N3O2/c1-15-5-8-23-20(11-15)21-14-27(3)10-9-24(21)28(23)25(29)19-13-17-12-18(30-4)6-7-22(17)26-16(19)2/h5-8,11-13,21,24H,9-10,14H2,1-4H3. The second-order valence-corrected chi connectivity index (χ2v) is 8.64. The Balaban J connectivity index is 1.61. The SMILES string of the molecule is COc1ccc2nc(C)c(C(=O)N3c4ccc(C)cc4C4CN(C)CCC43)cc2c1. The Labute approximate surface area is 177 Å². The van der Waals surface area contributed by atoms with Gasteiger partial charge in [-0.25, -0.2) is 0 Å². The number of methoxy groups -OCH3 is 1. The van der Waals surface area contributed by atoms with Crippen LogP contribution in [0.3, 0.4) is 0 Å². The number of likely N-dealkylation sites (N-methyl/N-ethyl adjacent to an activating group) is 1. The number of benzene rings is 2. The maximum absolute atomic E-state index is 13.9. The van der Waals surface area contributed by atoms with Crippen molar-refractivity contribution in [2.24, 2.45) is 0 Å². The van der Waals surface area contributed by atoms with Gasteiger partial charge in [0.1, 0.15) is 5.75 Å². The minimum Gasteiger partial charge on any atom is -0.497 e. The Morgan fingerprint density at radius 2 is 1.97 bits per heavy atom. The van der Waals surface area contributed by atoms with Gasteiger partial charge in [0.15, 0.2) is 0 Å². The number of pyridine rings is 1. The summed E-state index contributed by atoms with van der Waals surface area (Å²) in [6.45, 7) is 6.04. The lowest BCUT2D eigenvalue weighted by Gasteiger charge is -2.36. The lowest BCUT2D eigenvalue weighted by molar-refractivity contribution is 0.0964. The fraction of sp³-hybridized carbons (Fsp3) is 0.360. The fourth-order valence-electron chi connectivity index (χ4n) is 5.07. The van der Waals surface area contributed by atoms with Crippen molar-refractivity contribution in [1.29, 1.82) is 0 Å². The summed E-state index contributed by atoms with van der Waals surface area (Å²) in [5.74, 6) is 1.17. The Kier molecular flexibility index (Phi) is 4.51. The van der Waals surface area contributed by atoms with Crippen molar-refractivity contribution in [1.82, 2.24) is 9.88 Å². The molecule has 1 saturated heterocycles. The van der Waals surface area contributed by atoms with Gasteiger partial charge in [-0.3, -0.25) is 9.78 Å². The van der Waals surface area contributed by atoms with Gasteiger partial charge < -0.3 is 14.5 Å². The Morgan fingerprint density at radius 3 is 2.77 bits per heavy atom. The van der Waals surface area contributed by atoms with Gasteiger partial charge in [-0.2, -0.15) is 0 Å². The Bertz CT molecular complexity index is 1160. The summed E-state index contributed by atoms with van der Waals surface area (Å²) in [6.07, 6.45) is 0.981. The van der Waals surface area contributed by atoms with Crippen LogP contribution < -0.4 is 9.64 Å². The highest BCUT2D eigenvalue weighted by Gasteiger charge is 2.44. The summed E-state index contributed by atoms with van der Waals surface area (Å²) in [5, 5.41) is 0.923. The number of rotatable bonds is 2. The molecule has 3 aromatic rings. The molecule has 5 heteroatoms. The van der Waals surface area contributed by atoms with Crippen LogP contribution in [0, 0.1) is 13.8 Å². The molecular formula is C25H27N3O2. The number of amides is 1. The van der Waals surface area contributed by atoms with Crippen LogP contribution in [-0.4, -0.2) is 49.1 Å². The van der Waals surface area contributed by atoms with E-state index >= 15 is 0 Å². The van der Waals surface area contributed by atoms with Crippen LogP contribution in [0.5, 0.6) is 5.75 Å². The van der Waals surface area contributed by atoms with Gasteiger partial charge >= 0.3 is 0 Å². The second kappa shape index (κ2) is 7.10. The van der Waals surface area contributed by atoms with E-state index in [0.29, 0.717) is 11.5 Å². The normalized spacial score (nSPS) is 20.9. The molecule has 1 amide bonds. The summed E-state index contributed by atoms with van der Waals surface area (Å²) in [7, 11) is 3.82. The summed E-state index contributed by atoms with van der Waals surface area (Å²) in [4.78, 5) is 23.0. The predicted octanol–water partition coefficient (Wildman–Crippen LogP) is 4.31. The van der Waals surface area contributed by atoms with E-state index in [1.165, 1.54) is 11.1 Å². The molecule has 0 radical (unpaired) electrons. The molecule has 154 valence electrons. The number of carbonyl (C=O) groups is 1. The quantitative estimate of drug-likeness (QED) is 0.642. The molecule has 2 atom stereocenters. The number of carbonyl (C=O) groups excluding carboxylic acids is 1. The van der Waals surface area contributed by atoms with E-state index in [0.717, 1.165) is 47.5 Å². The van der Waals surface area contributed by atoms with Gasteiger partial charge in [0.05, 0.1) is 23.9 Å². The highest BCUT2D eigenvalue weighted by atomic mass is 16.5. The molecular weight excluding hydrogens is 374 g/mol. The second-order valence-electron chi connectivity index (χ2n) is 8.64. The van der Waals surface area contributed by atoms with Gasteiger partial charge in [-0.05, 0) is 69.8 Å². The van der Waals surface area contributed by atoms with Gasteiger partial charge in [-0.1, -0.05) is 17.7 Å². The molecule has 0 bridgehead atoms. The van der Waals surface area contributed by atoms with E-state index in [2.05, 4.69) is 37.1 Å². The predicted molar refractivity (Wildman–Crippen MR) is 120 cm³/mol. The summed E-state index contributed by atoms with van der Waals surface area (Å²) in [6, 6.07) is 14.4. The van der Waals surface area contributed by atoms with Crippen LogP contribution in [0.2, 0.25) is 0 Å². The zero-order chi connectivity index (χ0) is 21.0. The molecule has 2 aliphatic heterocycles. The van der Waals surface area contributed by atoms with Gasteiger partial charge in [0, 0.05) is 29.6 Å². The molecule has 5 rings (SSSR count). The van der Waals surface area contributed by atoms with E-state index < -0.39 is 0 Å². The first kappa shape index (κ1) is 19.1. The first-order chi connectivity index (χ1) is 14.5. The van der Waals surface area contributed by atoms with Crippen molar-refractivity contribution in [3.63, 3.8) is 0 Å². The average Bonchev–Trinajstić information content (AvgIpc) is 3.05. The zero-order valence-corrected chi connectivity index (χ0v) is 18.0. The molecule has 1 aromatic heterocycles. The molecule has 2 aliphatic rings. The first-order valence-corrected chi connectivity index (χ1v) is 10.5. The molecule has 30 heavy (non-hydrogen) atoms. The van der Waals surface area contributed by atoms with Gasteiger partial charge in [0.25, 0.3) is 5.91 Å². The molecule has 0 aliphatic carbocycles. The number of anilines is 1. The van der Waals surface area contributed by atoms with Crippen molar-refractivity contribution in [2.45, 2.75) is 32.2 Å². The Morgan fingerprint density at radius 1 is 1.13 bits per heavy atom. The molecule has 3 heterocycles. The van der Waals surface area contributed by atoms with Crippen molar-refractivity contribution in [3.05, 3.63) is 64.8 Å².